The molecule has 5 heteroatoms. The van der Waals surface area contributed by atoms with Crippen LogP contribution in [0.2, 0.25) is 0 Å². The Bertz CT molecular complexity index is 660. The molecule has 2 aromatic carbocycles. The Balaban J connectivity index is 1.46. The van der Waals surface area contributed by atoms with E-state index in [-0.39, 0.29) is 5.82 Å². The lowest BCUT2D eigenvalue weighted by atomic mass is 10.1. The second-order valence-electron chi connectivity index (χ2n) is 6.57. The highest BCUT2D eigenvalue weighted by molar-refractivity contribution is 5.20. The van der Waals surface area contributed by atoms with Crippen LogP contribution in [0.1, 0.15) is 23.3 Å². The molecule has 2 atom stereocenters. The number of hydrogen-bond donors (Lipinski definition) is 2. The Labute approximate surface area is 148 Å². The SMILES string of the molecule is O[C@@H](CN1CCN(C[C@H](O)c2ccccc2F)CC1)c1ccccc1. The first-order valence-electron chi connectivity index (χ1n) is 8.73. The van der Waals surface area contributed by atoms with Crippen LogP contribution in [0.4, 0.5) is 4.39 Å². The molecule has 0 bridgehead atoms. The molecule has 3 rings (SSSR count). The number of halogens is 1. The van der Waals surface area contributed by atoms with E-state index in [0.717, 1.165) is 31.7 Å². The van der Waals surface area contributed by atoms with Gasteiger partial charge in [-0.3, -0.25) is 9.80 Å². The van der Waals surface area contributed by atoms with E-state index >= 15 is 0 Å². The van der Waals surface area contributed by atoms with E-state index in [1.165, 1.54) is 6.07 Å². The van der Waals surface area contributed by atoms with Crippen LogP contribution in [0, 0.1) is 5.82 Å². The van der Waals surface area contributed by atoms with Crippen LogP contribution in [0.25, 0.3) is 0 Å². The Morgan fingerprint density at radius 3 is 1.88 bits per heavy atom. The minimum atomic E-state index is -0.817. The predicted octanol–water partition coefficient (Wildman–Crippen LogP) is 2.21. The summed E-state index contributed by atoms with van der Waals surface area (Å²) in [5, 5.41) is 20.6. The molecule has 1 aliphatic heterocycles. The molecule has 2 N–H and O–H groups in total. The molecule has 0 radical (unpaired) electrons. The number of benzene rings is 2. The molecule has 2 aromatic rings. The molecule has 134 valence electrons. The molecular formula is C20H25FN2O2. The topological polar surface area (TPSA) is 46.9 Å². The minimum Gasteiger partial charge on any atom is -0.387 e. The van der Waals surface area contributed by atoms with Crippen molar-refractivity contribution in [3.05, 3.63) is 71.5 Å². The summed E-state index contributed by atoms with van der Waals surface area (Å²) in [6.45, 7) is 4.28. The minimum absolute atomic E-state index is 0.351. The third kappa shape index (κ3) is 4.86. The first-order valence-corrected chi connectivity index (χ1v) is 8.73. The monoisotopic (exact) mass is 344 g/mol. The van der Waals surface area contributed by atoms with Gasteiger partial charge >= 0.3 is 0 Å². The normalized spacial score (nSPS) is 18.8. The van der Waals surface area contributed by atoms with Crippen molar-refractivity contribution in [2.45, 2.75) is 12.2 Å². The Morgan fingerprint density at radius 1 is 0.760 bits per heavy atom. The van der Waals surface area contributed by atoms with Crippen molar-refractivity contribution in [1.29, 1.82) is 0 Å². The molecular weight excluding hydrogens is 319 g/mol. The van der Waals surface area contributed by atoms with Crippen LogP contribution in [0.3, 0.4) is 0 Å². The Morgan fingerprint density at radius 2 is 1.28 bits per heavy atom. The van der Waals surface area contributed by atoms with Crippen molar-refractivity contribution < 1.29 is 14.6 Å². The quantitative estimate of drug-likeness (QED) is 0.844. The summed E-state index contributed by atoms with van der Waals surface area (Å²) in [7, 11) is 0. The van der Waals surface area contributed by atoms with Crippen LogP contribution in [0.15, 0.2) is 54.6 Å². The molecule has 25 heavy (non-hydrogen) atoms. The maximum absolute atomic E-state index is 13.7. The van der Waals surface area contributed by atoms with Gasteiger partial charge in [0.15, 0.2) is 0 Å². The third-order valence-electron chi connectivity index (χ3n) is 4.78. The number of piperazine rings is 1. The average molecular weight is 344 g/mol. The molecule has 4 nitrogen and oxygen atoms in total. The van der Waals surface area contributed by atoms with E-state index < -0.39 is 12.2 Å². The summed E-state index contributed by atoms with van der Waals surface area (Å²) in [6, 6.07) is 16.1. The highest BCUT2D eigenvalue weighted by Gasteiger charge is 2.22. The lowest BCUT2D eigenvalue weighted by molar-refractivity contribution is 0.0474. The zero-order valence-electron chi connectivity index (χ0n) is 14.3. The van der Waals surface area contributed by atoms with Gasteiger partial charge in [-0.25, -0.2) is 4.39 Å². The van der Waals surface area contributed by atoms with Gasteiger partial charge in [0.1, 0.15) is 5.82 Å². The third-order valence-corrected chi connectivity index (χ3v) is 4.78. The molecule has 0 spiro atoms. The van der Waals surface area contributed by atoms with Gasteiger partial charge in [0.05, 0.1) is 12.2 Å². The number of aliphatic hydroxyl groups excluding tert-OH is 2. The van der Waals surface area contributed by atoms with E-state index in [1.54, 1.807) is 18.2 Å². The standard InChI is InChI=1S/C20H25FN2O2/c21-18-9-5-4-8-17(18)20(25)15-23-12-10-22(11-13-23)14-19(24)16-6-2-1-3-7-16/h1-9,19-20,24-25H,10-15H2/t19-,20-/m0/s1. The summed E-state index contributed by atoms with van der Waals surface area (Å²) < 4.78 is 13.7. The fourth-order valence-corrected chi connectivity index (χ4v) is 3.27. The van der Waals surface area contributed by atoms with Crippen molar-refractivity contribution in [3.63, 3.8) is 0 Å². The van der Waals surface area contributed by atoms with Crippen molar-refractivity contribution in [1.82, 2.24) is 9.80 Å². The van der Waals surface area contributed by atoms with Crippen LogP contribution in [-0.4, -0.2) is 59.3 Å². The van der Waals surface area contributed by atoms with Gasteiger partial charge < -0.3 is 10.2 Å². The van der Waals surface area contributed by atoms with Gasteiger partial charge in [-0.05, 0) is 11.6 Å². The van der Waals surface area contributed by atoms with Crippen LogP contribution >= 0.6 is 0 Å². The molecule has 1 heterocycles. The zero-order valence-corrected chi connectivity index (χ0v) is 14.3. The van der Waals surface area contributed by atoms with Gasteiger partial charge in [-0.15, -0.1) is 0 Å². The molecule has 0 aliphatic carbocycles. The summed E-state index contributed by atoms with van der Waals surface area (Å²) in [5.74, 6) is -0.361. The zero-order chi connectivity index (χ0) is 17.6. The van der Waals surface area contributed by atoms with E-state index in [9.17, 15) is 14.6 Å². The van der Waals surface area contributed by atoms with E-state index in [2.05, 4.69) is 9.80 Å². The van der Waals surface area contributed by atoms with E-state index in [4.69, 9.17) is 0 Å². The summed E-state index contributed by atoms with van der Waals surface area (Å²) in [4.78, 5) is 4.37. The van der Waals surface area contributed by atoms with E-state index in [1.807, 2.05) is 30.3 Å². The van der Waals surface area contributed by atoms with Gasteiger partial charge in [0.25, 0.3) is 0 Å². The molecule has 1 fully saturated rings. The average Bonchev–Trinajstić information content (AvgIpc) is 2.64. The Kier molecular flexibility index (Phi) is 6.15. The van der Waals surface area contributed by atoms with Gasteiger partial charge in [0, 0.05) is 44.8 Å². The van der Waals surface area contributed by atoms with Crippen LogP contribution in [-0.2, 0) is 0 Å². The maximum atomic E-state index is 13.7. The second-order valence-corrected chi connectivity index (χ2v) is 6.57. The smallest absolute Gasteiger partial charge is 0.129 e. The number of β-amino-alcohol motifs (C(OH)–C–C–N with tert-alkyl or cyclic N) is 2. The first-order chi connectivity index (χ1) is 12.1. The summed E-state index contributed by atoms with van der Waals surface area (Å²) in [6.07, 6.45) is -1.31. The second kappa shape index (κ2) is 8.54. The number of rotatable bonds is 6. The van der Waals surface area contributed by atoms with Gasteiger partial charge in [0.2, 0.25) is 0 Å². The molecule has 0 aromatic heterocycles. The molecule has 0 amide bonds. The largest absolute Gasteiger partial charge is 0.387 e. The van der Waals surface area contributed by atoms with Gasteiger partial charge in [-0.2, -0.15) is 0 Å². The molecule has 1 aliphatic rings. The molecule has 0 unspecified atom stereocenters. The predicted molar refractivity (Wildman–Crippen MR) is 95.6 cm³/mol. The molecule has 0 saturated carbocycles. The highest BCUT2D eigenvalue weighted by atomic mass is 19.1. The Hall–Kier alpha value is -1.79. The van der Waals surface area contributed by atoms with Crippen LogP contribution < -0.4 is 0 Å². The summed E-state index contributed by atoms with van der Waals surface area (Å²) in [5.41, 5.74) is 1.28. The summed E-state index contributed by atoms with van der Waals surface area (Å²) >= 11 is 0. The van der Waals surface area contributed by atoms with E-state index in [0.29, 0.717) is 18.7 Å². The first kappa shape index (κ1) is 18.0. The van der Waals surface area contributed by atoms with Crippen LogP contribution in [0.5, 0.6) is 0 Å². The lowest BCUT2D eigenvalue weighted by Crippen LogP contribution is -2.48. The maximum Gasteiger partial charge on any atom is 0.129 e. The lowest BCUT2D eigenvalue weighted by Gasteiger charge is -2.36. The highest BCUT2D eigenvalue weighted by Crippen LogP contribution is 2.19. The number of aliphatic hydroxyl groups is 2. The van der Waals surface area contributed by atoms with Crippen molar-refractivity contribution in [2.75, 3.05) is 39.3 Å². The van der Waals surface area contributed by atoms with Crippen molar-refractivity contribution >= 4 is 0 Å². The van der Waals surface area contributed by atoms with Gasteiger partial charge in [-0.1, -0.05) is 48.5 Å². The molecule has 1 saturated heterocycles. The fourth-order valence-electron chi connectivity index (χ4n) is 3.27. The number of hydrogen-bond acceptors (Lipinski definition) is 4. The van der Waals surface area contributed by atoms with Crippen molar-refractivity contribution in [2.24, 2.45) is 0 Å². The number of nitrogens with zero attached hydrogens (tertiary/aromatic N) is 2. The fraction of sp³-hybridized carbons (Fsp3) is 0.400. The van der Waals surface area contributed by atoms with Crippen molar-refractivity contribution in [3.8, 4) is 0 Å².